The molecule has 5 heteroatoms. The average molecular weight is 296 g/mol. The molecule has 1 aliphatic heterocycles. The summed E-state index contributed by atoms with van der Waals surface area (Å²) in [6.07, 6.45) is 6.51. The van der Waals surface area contributed by atoms with Gasteiger partial charge in [-0.25, -0.2) is 0 Å². The van der Waals surface area contributed by atoms with E-state index in [-0.39, 0.29) is 11.9 Å². The number of anilines is 2. The van der Waals surface area contributed by atoms with Gasteiger partial charge in [0.05, 0.1) is 29.7 Å². The first-order valence-electron chi connectivity index (χ1n) is 7.86. The Labute approximate surface area is 129 Å². The molecule has 1 atom stereocenters. The maximum absolute atomic E-state index is 11.9. The largest absolute Gasteiger partial charge is 0.381 e. The van der Waals surface area contributed by atoms with E-state index >= 15 is 0 Å². The number of amides is 1. The zero-order valence-corrected chi connectivity index (χ0v) is 12.9. The van der Waals surface area contributed by atoms with Gasteiger partial charge in [-0.3, -0.25) is 9.48 Å². The van der Waals surface area contributed by atoms with Crippen LogP contribution in [0, 0.1) is 0 Å². The second kappa shape index (κ2) is 4.87. The Morgan fingerprint density at radius 1 is 1.32 bits per heavy atom. The van der Waals surface area contributed by atoms with Gasteiger partial charge in [0.15, 0.2) is 0 Å². The van der Waals surface area contributed by atoms with Crippen LogP contribution in [0.15, 0.2) is 30.6 Å². The highest BCUT2D eigenvalue weighted by molar-refractivity contribution is 5.97. The first kappa shape index (κ1) is 13.4. The molecule has 4 rings (SSSR count). The van der Waals surface area contributed by atoms with E-state index in [4.69, 9.17) is 0 Å². The Balaban J connectivity index is 1.70. The van der Waals surface area contributed by atoms with Gasteiger partial charge < -0.3 is 10.2 Å². The topological polar surface area (TPSA) is 50.2 Å². The number of carbonyl (C=O) groups is 1. The molecule has 0 radical (unpaired) electrons. The Morgan fingerprint density at radius 3 is 2.86 bits per heavy atom. The SMILES string of the molecule is CC(=O)N1c2ccc(-c3cnn(C4CC4)c3)cc2NC[C@@H]1C. The predicted octanol–water partition coefficient (Wildman–Crippen LogP) is 3.05. The zero-order valence-electron chi connectivity index (χ0n) is 12.9. The monoisotopic (exact) mass is 296 g/mol. The van der Waals surface area contributed by atoms with E-state index in [0.717, 1.165) is 29.0 Å². The number of aromatic nitrogens is 2. The minimum atomic E-state index is 0.0875. The van der Waals surface area contributed by atoms with Crippen molar-refractivity contribution in [2.45, 2.75) is 38.8 Å². The summed E-state index contributed by atoms with van der Waals surface area (Å²) in [7, 11) is 0. The van der Waals surface area contributed by atoms with E-state index in [9.17, 15) is 4.79 Å². The van der Waals surface area contributed by atoms with E-state index in [1.165, 1.54) is 12.8 Å². The summed E-state index contributed by atoms with van der Waals surface area (Å²) < 4.78 is 2.06. The summed E-state index contributed by atoms with van der Waals surface area (Å²) in [5.74, 6) is 0.0875. The molecule has 0 spiro atoms. The number of hydrogen-bond acceptors (Lipinski definition) is 3. The second-order valence-electron chi connectivity index (χ2n) is 6.29. The van der Waals surface area contributed by atoms with Crippen LogP contribution in [-0.4, -0.2) is 28.3 Å². The van der Waals surface area contributed by atoms with Crippen LogP contribution in [0.3, 0.4) is 0 Å². The Bertz CT molecular complexity index is 732. The fourth-order valence-corrected chi connectivity index (χ4v) is 3.16. The van der Waals surface area contributed by atoms with Gasteiger partial charge in [-0.1, -0.05) is 6.07 Å². The van der Waals surface area contributed by atoms with Crippen LogP contribution in [-0.2, 0) is 4.79 Å². The third-order valence-electron chi connectivity index (χ3n) is 4.48. The molecule has 5 nitrogen and oxygen atoms in total. The number of nitrogens with one attached hydrogen (secondary N) is 1. The molecule has 1 amide bonds. The van der Waals surface area contributed by atoms with Crippen LogP contribution in [0.25, 0.3) is 11.1 Å². The zero-order chi connectivity index (χ0) is 15.3. The van der Waals surface area contributed by atoms with E-state index in [2.05, 4.69) is 40.4 Å². The summed E-state index contributed by atoms with van der Waals surface area (Å²) in [6, 6.07) is 6.99. The van der Waals surface area contributed by atoms with Crippen molar-refractivity contribution >= 4 is 17.3 Å². The molecule has 1 aliphatic carbocycles. The van der Waals surface area contributed by atoms with Crippen molar-refractivity contribution in [2.24, 2.45) is 0 Å². The van der Waals surface area contributed by atoms with Gasteiger partial charge in [0.2, 0.25) is 5.91 Å². The molecule has 1 N–H and O–H groups in total. The van der Waals surface area contributed by atoms with E-state index < -0.39 is 0 Å². The molecule has 0 saturated heterocycles. The van der Waals surface area contributed by atoms with Crippen molar-refractivity contribution in [3.8, 4) is 11.1 Å². The van der Waals surface area contributed by atoms with E-state index in [1.807, 2.05) is 17.2 Å². The van der Waals surface area contributed by atoms with Crippen molar-refractivity contribution in [3.05, 3.63) is 30.6 Å². The smallest absolute Gasteiger partial charge is 0.224 e. The molecule has 114 valence electrons. The number of fused-ring (bicyclic) bond motifs is 1. The minimum absolute atomic E-state index is 0.0875. The standard InChI is InChI=1S/C17H20N4O/c1-11-8-18-16-7-13(3-6-17(16)21(11)12(2)22)14-9-19-20(10-14)15-4-5-15/h3,6-7,9-11,15,18H,4-5,8H2,1-2H3/t11-/m0/s1. The van der Waals surface area contributed by atoms with Gasteiger partial charge in [0.25, 0.3) is 0 Å². The van der Waals surface area contributed by atoms with Gasteiger partial charge >= 0.3 is 0 Å². The molecule has 1 saturated carbocycles. The summed E-state index contributed by atoms with van der Waals surface area (Å²) in [6.45, 7) is 4.46. The fourth-order valence-electron chi connectivity index (χ4n) is 3.16. The normalized spacial score (nSPS) is 20.5. The quantitative estimate of drug-likeness (QED) is 0.926. The Kier molecular flexibility index (Phi) is 2.96. The van der Waals surface area contributed by atoms with Crippen LogP contribution in [0.5, 0.6) is 0 Å². The third-order valence-corrected chi connectivity index (χ3v) is 4.48. The summed E-state index contributed by atoms with van der Waals surface area (Å²) >= 11 is 0. The highest BCUT2D eigenvalue weighted by atomic mass is 16.2. The lowest BCUT2D eigenvalue weighted by Crippen LogP contribution is -2.44. The third kappa shape index (κ3) is 2.17. The molecular formula is C17H20N4O. The van der Waals surface area contributed by atoms with Gasteiger partial charge in [-0.15, -0.1) is 0 Å². The van der Waals surface area contributed by atoms with Crippen molar-refractivity contribution in [1.82, 2.24) is 9.78 Å². The highest BCUT2D eigenvalue weighted by Gasteiger charge is 2.27. The van der Waals surface area contributed by atoms with Crippen LogP contribution >= 0.6 is 0 Å². The molecule has 0 unspecified atom stereocenters. The number of carbonyl (C=O) groups excluding carboxylic acids is 1. The Morgan fingerprint density at radius 2 is 2.14 bits per heavy atom. The first-order valence-corrected chi connectivity index (χ1v) is 7.86. The minimum Gasteiger partial charge on any atom is -0.381 e. The van der Waals surface area contributed by atoms with Crippen LogP contribution in [0.1, 0.15) is 32.7 Å². The van der Waals surface area contributed by atoms with Crippen molar-refractivity contribution < 1.29 is 4.79 Å². The highest BCUT2D eigenvalue weighted by Crippen LogP contribution is 2.37. The van der Waals surface area contributed by atoms with Gasteiger partial charge in [0.1, 0.15) is 0 Å². The maximum Gasteiger partial charge on any atom is 0.224 e. The molecule has 22 heavy (non-hydrogen) atoms. The molecule has 2 aromatic rings. The van der Waals surface area contributed by atoms with E-state index in [1.54, 1.807) is 6.92 Å². The summed E-state index contributed by atoms with van der Waals surface area (Å²) in [4.78, 5) is 13.8. The lowest BCUT2D eigenvalue weighted by atomic mass is 10.0. The molecule has 1 fully saturated rings. The van der Waals surface area contributed by atoms with Gasteiger partial charge in [0, 0.05) is 25.2 Å². The van der Waals surface area contributed by atoms with Crippen molar-refractivity contribution in [3.63, 3.8) is 0 Å². The lowest BCUT2D eigenvalue weighted by molar-refractivity contribution is -0.116. The number of rotatable bonds is 2. The van der Waals surface area contributed by atoms with Crippen molar-refractivity contribution in [1.29, 1.82) is 0 Å². The lowest BCUT2D eigenvalue weighted by Gasteiger charge is -2.35. The molecule has 2 heterocycles. The summed E-state index contributed by atoms with van der Waals surface area (Å²) in [5, 5.41) is 7.88. The van der Waals surface area contributed by atoms with Crippen LogP contribution in [0.2, 0.25) is 0 Å². The maximum atomic E-state index is 11.9. The van der Waals surface area contributed by atoms with E-state index in [0.29, 0.717) is 6.04 Å². The average Bonchev–Trinajstić information content (AvgIpc) is 3.24. The van der Waals surface area contributed by atoms with Crippen molar-refractivity contribution in [2.75, 3.05) is 16.8 Å². The second-order valence-corrected chi connectivity index (χ2v) is 6.29. The molecular weight excluding hydrogens is 276 g/mol. The number of hydrogen-bond donors (Lipinski definition) is 1. The molecule has 1 aromatic heterocycles. The van der Waals surface area contributed by atoms with Crippen LogP contribution < -0.4 is 10.2 Å². The number of nitrogens with zero attached hydrogens (tertiary/aromatic N) is 3. The van der Waals surface area contributed by atoms with Gasteiger partial charge in [-0.05, 0) is 37.5 Å². The summed E-state index contributed by atoms with van der Waals surface area (Å²) in [5.41, 5.74) is 4.25. The first-order chi connectivity index (χ1) is 10.6. The predicted molar refractivity (Wildman–Crippen MR) is 87.0 cm³/mol. The molecule has 0 bridgehead atoms. The molecule has 2 aliphatic rings. The van der Waals surface area contributed by atoms with Crippen LogP contribution in [0.4, 0.5) is 11.4 Å². The van der Waals surface area contributed by atoms with Gasteiger partial charge in [-0.2, -0.15) is 5.10 Å². The fraction of sp³-hybridized carbons (Fsp3) is 0.412. The number of benzene rings is 1. The Hall–Kier alpha value is -2.30. The molecule has 1 aromatic carbocycles.